The molecule has 30 heavy (non-hydrogen) atoms. The quantitative estimate of drug-likeness (QED) is 0.532. The molecule has 0 fully saturated rings. The first kappa shape index (κ1) is 21.1. The Labute approximate surface area is 169 Å². The Morgan fingerprint density at radius 1 is 1.07 bits per heavy atom. The number of hydrogen-bond acceptors (Lipinski definition) is 3. The van der Waals surface area contributed by atoms with Crippen molar-refractivity contribution in [2.45, 2.75) is 19.0 Å². The molecule has 0 spiro atoms. The lowest BCUT2D eigenvalue weighted by Crippen LogP contribution is -2.27. The molecule has 2 aromatic carbocycles. The minimum absolute atomic E-state index is 0.163. The summed E-state index contributed by atoms with van der Waals surface area (Å²) in [4.78, 5) is 23.8. The van der Waals surface area contributed by atoms with Crippen LogP contribution in [0.15, 0.2) is 60.7 Å². The highest BCUT2D eigenvalue weighted by atomic mass is 19.4. The maximum absolute atomic E-state index is 12.9. The Kier molecular flexibility index (Phi) is 6.20. The van der Waals surface area contributed by atoms with Crippen LogP contribution in [0.4, 0.5) is 19.0 Å². The molecule has 0 bridgehead atoms. The number of H-pyrrole nitrogens is 1. The zero-order chi connectivity index (χ0) is 21.7. The molecule has 1 amide bonds. The Morgan fingerprint density at radius 2 is 1.80 bits per heavy atom. The van der Waals surface area contributed by atoms with Crippen LogP contribution in [-0.2, 0) is 22.2 Å². The summed E-state index contributed by atoms with van der Waals surface area (Å²) in [7, 11) is 0. The molecule has 0 aliphatic rings. The van der Waals surface area contributed by atoms with Gasteiger partial charge in [-0.2, -0.15) is 18.3 Å². The van der Waals surface area contributed by atoms with Gasteiger partial charge in [0.05, 0.1) is 23.6 Å². The third-order valence-corrected chi connectivity index (χ3v) is 4.44. The molecule has 0 unspecified atom stereocenters. The number of aliphatic carboxylic acids is 1. The van der Waals surface area contributed by atoms with Crippen LogP contribution in [0.5, 0.6) is 0 Å². The summed E-state index contributed by atoms with van der Waals surface area (Å²) in [6, 6.07) is 15.1. The molecule has 1 heterocycles. The van der Waals surface area contributed by atoms with Gasteiger partial charge in [0.2, 0.25) is 5.91 Å². The molecular weight excluding hydrogens is 399 g/mol. The number of anilines is 1. The van der Waals surface area contributed by atoms with Gasteiger partial charge in [-0.05, 0) is 24.1 Å². The van der Waals surface area contributed by atoms with Crippen LogP contribution >= 0.6 is 0 Å². The fourth-order valence-electron chi connectivity index (χ4n) is 2.99. The molecule has 6 nitrogen and oxygen atoms in total. The number of nitrogens with one attached hydrogen (secondary N) is 2. The average molecular weight is 417 g/mol. The van der Waals surface area contributed by atoms with Crippen LogP contribution in [0.2, 0.25) is 0 Å². The van der Waals surface area contributed by atoms with Crippen molar-refractivity contribution in [3.8, 4) is 11.3 Å². The van der Waals surface area contributed by atoms with Crippen LogP contribution in [0.3, 0.4) is 0 Å². The first-order valence-corrected chi connectivity index (χ1v) is 9.02. The van der Waals surface area contributed by atoms with Gasteiger partial charge in [-0.1, -0.05) is 42.5 Å². The molecule has 3 rings (SSSR count). The first-order chi connectivity index (χ1) is 14.2. The highest BCUT2D eigenvalue weighted by molar-refractivity contribution is 5.94. The van der Waals surface area contributed by atoms with Crippen molar-refractivity contribution < 1.29 is 27.9 Å². The molecule has 3 aromatic rings. The van der Waals surface area contributed by atoms with E-state index in [-0.39, 0.29) is 29.9 Å². The predicted molar refractivity (Wildman–Crippen MR) is 104 cm³/mol. The number of halogens is 3. The van der Waals surface area contributed by atoms with Gasteiger partial charge in [-0.15, -0.1) is 0 Å². The van der Waals surface area contributed by atoms with Gasteiger partial charge in [-0.25, -0.2) is 0 Å². The highest BCUT2D eigenvalue weighted by Crippen LogP contribution is 2.32. The summed E-state index contributed by atoms with van der Waals surface area (Å²) in [5.41, 5.74) is 0.452. The summed E-state index contributed by atoms with van der Waals surface area (Å²) < 4.78 is 38.7. The molecule has 9 heteroatoms. The number of alkyl halides is 3. The lowest BCUT2D eigenvalue weighted by molar-refractivity contribution is -0.140. The van der Waals surface area contributed by atoms with Gasteiger partial charge in [-0.3, -0.25) is 14.7 Å². The number of carbonyl (C=O) groups excluding carboxylic acids is 1. The van der Waals surface area contributed by atoms with E-state index in [9.17, 15) is 22.8 Å². The lowest BCUT2D eigenvalue weighted by Gasteiger charge is -2.14. The smallest absolute Gasteiger partial charge is 0.416 e. The van der Waals surface area contributed by atoms with E-state index in [1.54, 1.807) is 24.3 Å². The highest BCUT2D eigenvalue weighted by Gasteiger charge is 2.30. The normalized spacial score (nSPS) is 12.4. The minimum atomic E-state index is -4.48. The molecular formula is C21H18F3N3O3. The van der Waals surface area contributed by atoms with Gasteiger partial charge < -0.3 is 10.4 Å². The molecule has 0 saturated carbocycles. The number of rotatable bonds is 7. The molecule has 1 aromatic heterocycles. The molecule has 0 saturated heterocycles. The van der Waals surface area contributed by atoms with Gasteiger partial charge in [0.25, 0.3) is 0 Å². The minimum Gasteiger partial charge on any atom is -0.481 e. The third kappa shape index (κ3) is 5.47. The van der Waals surface area contributed by atoms with Gasteiger partial charge in [0.1, 0.15) is 5.82 Å². The zero-order valence-electron chi connectivity index (χ0n) is 15.6. The van der Waals surface area contributed by atoms with Crippen LogP contribution in [0, 0.1) is 5.92 Å². The summed E-state index contributed by atoms with van der Waals surface area (Å²) in [6.07, 6.45) is -4.62. The Bertz CT molecular complexity index is 1030. The summed E-state index contributed by atoms with van der Waals surface area (Å²) >= 11 is 0. The second-order valence-corrected chi connectivity index (χ2v) is 6.72. The van der Waals surface area contributed by atoms with Gasteiger partial charge in [0.15, 0.2) is 0 Å². The third-order valence-electron chi connectivity index (χ3n) is 4.44. The van der Waals surface area contributed by atoms with Crippen LogP contribution in [0.25, 0.3) is 11.3 Å². The number of nitrogens with zero attached hydrogens (tertiary/aromatic N) is 1. The van der Waals surface area contributed by atoms with E-state index >= 15 is 0 Å². The lowest BCUT2D eigenvalue weighted by atomic mass is 9.95. The topological polar surface area (TPSA) is 95.1 Å². The van der Waals surface area contributed by atoms with E-state index in [1.165, 1.54) is 18.2 Å². The number of benzene rings is 2. The van der Waals surface area contributed by atoms with E-state index in [0.29, 0.717) is 0 Å². The molecule has 156 valence electrons. The van der Waals surface area contributed by atoms with E-state index in [2.05, 4.69) is 15.5 Å². The predicted octanol–water partition coefficient (Wildman–Crippen LogP) is 4.37. The van der Waals surface area contributed by atoms with E-state index in [0.717, 1.165) is 17.7 Å². The fraction of sp³-hybridized carbons (Fsp3) is 0.190. The second-order valence-electron chi connectivity index (χ2n) is 6.72. The first-order valence-electron chi connectivity index (χ1n) is 9.02. The average Bonchev–Trinajstić information content (AvgIpc) is 3.16. The van der Waals surface area contributed by atoms with Gasteiger partial charge >= 0.3 is 12.1 Å². The van der Waals surface area contributed by atoms with Crippen molar-refractivity contribution in [2.75, 3.05) is 5.32 Å². The molecule has 0 aliphatic carbocycles. The molecule has 0 radical (unpaired) electrons. The Balaban J connectivity index is 1.75. The molecule has 3 N–H and O–H groups in total. The van der Waals surface area contributed by atoms with Crippen molar-refractivity contribution in [1.82, 2.24) is 10.2 Å². The van der Waals surface area contributed by atoms with Crippen molar-refractivity contribution in [2.24, 2.45) is 5.92 Å². The summed E-state index contributed by atoms with van der Waals surface area (Å²) in [5, 5.41) is 18.2. The number of carboxylic acid groups (broad SMARTS) is 1. The number of hydrogen-bond donors (Lipinski definition) is 3. The number of carbonyl (C=O) groups is 2. The number of aromatic amines is 1. The maximum Gasteiger partial charge on any atom is 0.416 e. The van der Waals surface area contributed by atoms with Crippen LogP contribution < -0.4 is 5.32 Å². The fourth-order valence-corrected chi connectivity index (χ4v) is 2.99. The summed E-state index contributed by atoms with van der Waals surface area (Å²) in [5.74, 6) is -2.30. The Morgan fingerprint density at radius 3 is 2.47 bits per heavy atom. The van der Waals surface area contributed by atoms with Gasteiger partial charge in [0, 0.05) is 11.6 Å². The Hall–Kier alpha value is -3.62. The number of aromatic nitrogens is 2. The zero-order valence-corrected chi connectivity index (χ0v) is 15.6. The maximum atomic E-state index is 12.9. The molecule has 1 atom stereocenters. The van der Waals surface area contributed by atoms with E-state index in [1.807, 2.05) is 6.07 Å². The van der Waals surface area contributed by atoms with Crippen molar-refractivity contribution in [3.63, 3.8) is 0 Å². The summed E-state index contributed by atoms with van der Waals surface area (Å²) in [6.45, 7) is 0. The van der Waals surface area contributed by atoms with Crippen LogP contribution in [0.1, 0.15) is 17.5 Å². The van der Waals surface area contributed by atoms with Crippen molar-refractivity contribution in [3.05, 3.63) is 71.8 Å². The second kappa shape index (κ2) is 8.81. The number of amides is 1. The monoisotopic (exact) mass is 417 g/mol. The van der Waals surface area contributed by atoms with E-state index < -0.39 is 29.5 Å². The van der Waals surface area contributed by atoms with Crippen molar-refractivity contribution in [1.29, 1.82) is 0 Å². The van der Waals surface area contributed by atoms with Crippen molar-refractivity contribution >= 4 is 17.7 Å². The SMILES string of the molecule is O=C(O)C[C@@H](Cc1ccccc1)C(=O)Nc1cc(-c2cccc(C(F)(F)F)c2)n[nH]1. The number of carboxylic acids is 1. The standard InChI is InChI=1S/C21H18F3N3O3/c22-21(23,24)16-8-4-7-14(10-16)17-12-18(27-26-17)25-20(30)15(11-19(28)29)9-13-5-2-1-3-6-13/h1-8,10,12,15H,9,11H2,(H,28,29)(H2,25,26,27,30)/t15-/m1/s1. The van der Waals surface area contributed by atoms with E-state index in [4.69, 9.17) is 5.11 Å². The molecule has 0 aliphatic heterocycles. The van der Waals surface area contributed by atoms with Crippen LogP contribution in [-0.4, -0.2) is 27.2 Å². The largest absolute Gasteiger partial charge is 0.481 e.